The molecule has 1 fully saturated rings. The lowest BCUT2D eigenvalue weighted by molar-refractivity contribution is 0.329. The lowest BCUT2D eigenvalue weighted by atomic mass is 10.1. The van der Waals surface area contributed by atoms with Crippen LogP contribution in [-0.2, 0) is 6.42 Å². The SMILES string of the molecule is CCNC1CCN(CCc2ccccc2OC)C1. The van der Waals surface area contributed by atoms with E-state index in [2.05, 4.69) is 29.3 Å². The summed E-state index contributed by atoms with van der Waals surface area (Å²) in [6.45, 7) is 6.78. The molecule has 0 aromatic heterocycles. The van der Waals surface area contributed by atoms with Gasteiger partial charge in [-0.1, -0.05) is 25.1 Å². The highest BCUT2D eigenvalue weighted by Crippen LogP contribution is 2.19. The zero-order chi connectivity index (χ0) is 12.8. The fraction of sp³-hybridized carbons (Fsp3) is 0.600. The van der Waals surface area contributed by atoms with Crippen LogP contribution in [0.25, 0.3) is 0 Å². The quantitative estimate of drug-likeness (QED) is 0.832. The van der Waals surface area contributed by atoms with Gasteiger partial charge in [-0.25, -0.2) is 0 Å². The van der Waals surface area contributed by atoms with Gasteiger partial charge in [0.1, 0.15) is 5.75 Å². The van der Waals surface area contributed by atoms with E-state index >= 15 is 0 Å². The molecule has 0 spiro atoms. The molecule has 100 valence electrons. The molecular formula is C15H24N2O. The smallest absolute Gasteiger partial charge is 0.122 e. The minimum atomic E-state index is 0.688. The highest BCUT2D eigenvalue weighted by atomic mass is 16.5. The number of nitrogens with zero attached hydrogens (tertiary/aromatic N) is 1. The number of benzene rings is 1. The van der Waals surface area contributed by atoms with Crippen LogP contribution < -0.4 is 10.1 Å². The second-order valence-corrected chi connectivity index (χ2v) is 4.91. The van der Waals surface area contributed by atoms with E-state index in [0.717, 1.165) is 25.3 Å². The molecule has 0 bridgehead atoms. The maximum absolute atomic E-state index is 5.39. The van der Waals surface area contributed by atoms with Gasteiger partial charge in [0, 0.05) is 19.1 Å². The molecule has 0 radical (unpaired) electrons. The Morgan fingerprint density at radius 1 is 1.39 bits per heavy atom. The largest absolute Gasteiger partial charge is 0.496 e. The van der Waals surface area contributed by atoms with E-state index in [9.17, 15) is 0 Å². The number of nitrogens with one attached hydrogen (secondary N) is 1. The van der Waals surface area contributed by atoms with Crippen LogP contribution in [0.1, 0.15) is 18.9 Å². The van der Waals surface area contributed by atoms with Gasteiger partial charge in [-0.05, 0) is 37.6 Å². The molecule has 1 aromatic rings. The molecule has 1 unspecified atom stereocenters. The number of methoxy groups -OCH3 is 1. The zero-order valence-electron chi connectivity index (χ0n) is 11.5. The van der Waals surface area contributed by atoms with Crippen LogP contribution in [0, 0.1) is 0 Å². The molecule has 1 N–H and O–H groups in total. The first-order valence-corrected chi connectivity index (χ1v) is 6.91. The average Bonchev–Trinajstić information content (AvgIpc) is 2.85. The second-order valence-electron chi connectivity index (χ2n) is 4.91. The van der Waals surface area contributed by atoms with Gasteiger partial charge in [0.05, 0.1) is 7.11 Å². The van der Waals surface area contributed by atoms with Crippen molar-refractivity contribution in [3.8, 4) is 5.75 Å². The summed E-state index contributed by atoms with van der Waals surface area (Å²) >= 11 is 0. The number of ether oxygens (including phenoxy) is 1. The first kappa shape index (κ1) is 13.4. The van der Waals surface area contributed by atoms with Crippen LogP contribution >= 0.6 is 0 Å². The molecule has 1 saturated heterocycles. The topological polar surface area (TPSA) is 24.5 Å². The predicted octanol–water partition coefficient (Wildman–Crippen LogP) is 1.92. The molecule has 1 atom stereocenters. The molecule has 1 aliphatic rings. The van der Waals surface area contributed by atoms with Crippen LogP contribution in [0.3, 0.4) is 0 Å². The van der Waals surface area contributed by atoms with E-state index in [1.54, 1.807) is 7.11 Å². The Kier molecular flexibility index (Phi) is 5.02. The number of likely N-dealkylation sites (N-methyl/N-ethyl adjacent to an activating group) is 1. The Morgan fingerprint density at radius 3 is 3.00 bits per heavy atom. The van der Waals surface area contributed by atoms with Crippen molar-refractivity contribution in [3.05, 3.63) is 29.8 Å². The summed E-state index contributed by atoms with van der Waals surface area (Å²) in [6.07, 6.45) is 2.35. The third-order valence-electron chi connectivity index (χ3n) is 3.66. The van der Waals surface area contributed by atoms with Gasteiger partial charge in [0.25, 0.3) is 0 Å². The van der Waals surface area contributed by atoms with E-state index in [1.807, 2.05) is 12.1 Å². The zero-order valence-corrected chi connectivity index (χ0v) is 11.5. The summed E-state index contributed by atoms with van der Waals surface area (Å²) in [6, 6.07) is 9.01. The molecule has 1 aliphatic heterocycles. The van der Waals surface area contributed by atoms with E-state index in [0.29, 0.717) is 6.04 Å². The van der Waals surface area contributed by atoms with Gasteiger partial charge in [-0.2, -0.15) is 0 Å². The Bertz CT molecular complexity index is 367. The Morgan fingerprint density at radius 2 is 2.22 bits per heavy atom. The first-order valence-electron chi connectivity index (χ1n) is 6.91. The first-order chi connectivity index (χ1) is 8.83. The Balaban J connectivity index is 1.81. The summed E-state index contributed by atoms with van der Waals surface area (Å²) in [4.78, 5) is 2.54. The highest BCUT2D eigenvalue weighted by molar-refractivity contribution is 5.33. The Hall–Kier alpha value is -1.06. The maximum atomic E-state index is 5.39. The van der Waals surface area contributed by atoms with Crippen LogP contribution in [0.4, 0.5) is 0 Å². The summed E-state index contributed by atoms with van der Waals surface area (Å²) < 4.78 is 5.39. The van der Waals surface area contributed by atoms with Gasteiger partial charge in [0.2, 0.25) is 0 Å². The third-order valence-corrected chi connectivity index (χ3v) is 3.66. The monoisotopic (exact) mass is 248 g/mol. The van der Waals surface area contributed by atoms with Crippen molar-refractivity contribution >= 4 is 0 Å². The summed E-state index contributed by atoms with van der Waals surface area (Å²) in [5.74, 6) is 1.01. The van der Waals surface area contributed by atoms with Gasteiger partial charge >= 0.3 is 0 Å². The molecule has 18 heavy (non-hydrogen) atoms. The number of likely N-dealkylation sites (tertiary alicyclic amines) is 1. The fourth-order valence-electron chi connectivity index (χ4n) is 2.68. The normalized spacial score (nSPS) is 20.2. The van der Waals surface area contributed by atoms with Gasteiger partial charge in [-0.15, -0.1) is 0 Å². The van der Waals surface area contributed by atoms with E-state index in [4.69, 9.17) is 4.74 Å². The average molecular weight is 248 g/mol. The molecular weight excluding hydrogens is 224 g/mol. The van der Waals surface area contributed by atoms with Crippen molar-refractivity contribution < 1.29 is 4.74 Å². The molecule has 3 heteroatoms. The molecule has 0 saturated carbocycles. The van der Waals surface area contributed by atoms with Gasteiger partial charge in [-0.3, -0.25) is 0 Å². The van der Waals surface area contributed by atoms with Crippen LogP contribution in [0.2, 0.25) is 0 Å². The van der Waals surface area contributed by atoms with Crippen molar-refractivity contribution in [1.82, 2.24) is 10.2 Å². The summed E-state index contributed by atoms with van der Waals surface area (Å²) in [7, 11) is 1.75. The fourth-order valence-corrected chi connectivity index (χ4v) is 2.68. The van der Waals surface area contributed by atoms with Gasteiger partial charge < -0.3 is 15.0 Å². The standard InChI is InChI=1S/C15H24N2O/c1-3-16-14-9-11-17(12-14)10-8-13-6-4-5-7-15(13)18-2/h4-7,14,16H,3,8-12H2,1-2H3. The number of hydrogen-bond acceptors (Lipinski definition) is 3. The molecule has 1 heterocycles. The second kappa shape index (κ2) is 6.76. The lowest BCUT2D eigenvalue weighted by Crippen LogP contribution is -2.32. The van der Waals surface area contributed by atoms with Crippen molar-refractivity contribution in [2.45, 2.75) is 25.8 Å². The third kappa shape index (κ3) is 3.47. The number of rotatable bonds is 6. The van der Waals surface area contributed by atoms with E-state index in [1.165, 1.54) is 25.1 Å². The minimum absolute atomic E-state index is 0.688. The minimum Gasteiger partial charge on any atom is -0.496 e. The highest BCUT2D eigenvalue weighted by Gasteiger charge is 2.21. The van der Waals surface area contributed by atoms with Crippen LogP contribution in [-0.4, -0.2) is 44.2 Å². The summed E-state index contributed by atoms with van der Waals surface area (Å²) in [5.41, 5.74) is 1.31. The molecule has 0 amide bonds. The van der Waals surface area contributed by atoms with Crippen molar-refractivity contribution in [2.24, 2.45) is 0 Å². The van der Waals surface area contributed by atoms with Crippen LogP contribution in [0.15, 0.2) is 24.3 Å². The molecule has 2 rings (SSSR count). The lowest BCUT2D eigenvalue weighted by Gasteiger charge is -2.17. The molecule has 3 nitrogen and oxygen atoms in total. The molecule has 1 aromatic carbocycles. The van der Waals surface area contributed by atoms with Crippen molar-refractivity contribution in [3.63, 3.8) is 0 Å². The summed E-state index contributed by atoms with van der Waals surface area (Å²) in [5, 5.41) is 3.53. The van der Waals surface area contributed by atoms with Crippen molar-refractivity contribution in [1.29, 1.82) is 0 Å². The maximum Gasteiger partial charge on any atom is 0.122 e. The number of para-hydroxylation sites is 1. The van der Waals surface area contributed by atoms with E-state index < -0.39 is 0 Å². The predicted molar refractivity (Wildman–Crippen MR) is 75.2 cm³/mol. The van der Waals surface area contributed by atoms with Crippen LogP contribution in [0.5, 0.6) is 5.75 Å². The van der Waals surface area contributed by atoms with Gasteiger partial charge in [0.15, 0.2) is 0 Å². The molecule has 0 aliphatic carbocycles. The van der Waals surface area contributed by atoms with E-state index in [-0.39, 0.29) is 0 Å². The number of hydrogen-bond donors (Lipinski definition) is 1. The Labute approximate surface area is 110 Å². The van der Waals surface area contributed by atoms with Crippen molar-refractivity contribution in [2.75, 3.05) is 33.3 Å².